The minimum Gasteiger partial charge on any atom is -0.310 e. The summed E-state index contributed by atoms with van der Waals surface area (Å²) in [5, 5.41) is 5.11. The molecule has 9 aromatic carbocycles. The van der Waals surface area contributed by atoms with Crippen LogP contribution in [-0.4, -0.2) is 4.57 Å². The Morgan fingerprint density at radius 3 is 1.70 bits per heavy atom. The van der Waals surface area contributed by atoms with E-state index in [9.17, 15) is 0 Å². The van der Waals surface area contributed by atoms with Gasteiger partial charge in [0.25, 0.3) is 0 Å². The molecule has 0 bridgehead atoms. The Hall–Kier alpha value is -7.16. The minimum absolute atomic E-state index is 0.0716. The van der Waals surface area contributed by atoms with Crippen molar-refractivity contribution in [2.75, 3.05) is 4.90 Å². The molecule has 10 aromatic rings. The monoisotopic (exact) mass is 728 g/mol. The van der Waals surface area contributed by atoms with Crippen LogP contribution in [0.3, 0.4) is 0 Å². The molecule has 1 aliphatic carbocycles. The quantitative estimate of drug-likeness (QED) is 0.165. The molecule has 11 rings (SSSR count). The van der Waals surface area contributed by atoms with Crippen LogP contribution in [0.4, 0.5) is 17.1 Å². The molecule has 0 saturated heterocycles. The van der Waals surface area contributed by atoms with E-state index in [0.717, 1.165) is 22.7 Å². The number of nitrogens with zero attached hydrogens (tertiary/aromatic N) is 2. The van der Waals surface area contributed by atoms with Crippen molar-refractivity contribution >= 4 is 49.6 Å². The van der Waals surface area contributed by atoms with Crippen molar-refractivity contribution in [2.24, 2.45) is 0 Å². The van der Waals surface area contributed by atoms with Crippen LogP contribution < -0.4 is 4.90 Å². The summed E-state index contributed by atoms with van der Waals surface area (Å²) >= 11 is 0. The van der Waals surface area contributed by atoms with Gasteiger partial charge in [-0.25, -0.2) is 0 Å². The Morgan fingerprint density at radius 2 is 0.930 bits per heavy atom. The lowest BCUT2D eigenvalue weighted by Crippen LogP contribution is -2.15. The number of hydrogen-bond acceptors (Lipinski definition) is 1. The Labute approximate surface area is 333 Å². The molecule has 0 N–H and O–H groups in total. The highest BCUT2D eigenvalue weighted by Gasteiger charge is 2.36. The number of para-hydroxylation sites is 2. The Kier molecular flexibility index (Phi) is 7.55. The third-order valence-corrected chi connectivity index (χ3v) is 12.2. The topological polar surface area (TPSA) is 8.17 Å². The standard InChI is InChI=1S/C55H40N2/c1-55(2)51-22-11-9-18-46(51)50-35-34-45-44(20-13-21-49(45)54(50)55)39-26-30-42(31-27-39)56(41-28-24-38(25-29-41)37-14-5-3-6-15-37)43-32-33-48-47-19-10-12-23-52(47)57(53(48)36-43)40-16-7-4-8-17-40/h3-36H,1-2H3. The largest absolute Gasteiger partial charge is 0.310 e. The summed E-state index contributed by atoms with van der Waals surface area (Å²) < 4.78 is 2.39. The molecule has 270 valence electrons. The highest BCUT2D eigenvalue weighted by Crippen LogP contribution is 2.52. The molecule has 0 unspecified atom stereocenters. The van der Waals surface area contributed by atoms with Gasteiger partial charge in [-0.2, -0.15) is 0 Å². The lowest BCUT2D eigenvalue weighted by Gasteiger charge is -2.26. The fraction of sp³-hybridized carbons (Fsp3) is 0.0545. The third-order valence-electron chi connectivity index (χ3n) is 12.2. The predicted octanol–water partition coefficient (Wildman–Crippen LogP) is 15.0. The molecule has 0 saturated carbocycles. The highest BCUT2D eigenvalue weighted by molar-refractivity contribution is 6.10. The number of anilines is 3. The summed E-state index contributed by atoms with van der Waals surface area (Å²) in [5.74, 6) is 0. The van der Waals surface area contributed by atoms with Gasteiger partial charge in [0.05, 0.1) is 11.0 Å². The maximum absolute atomic E-state index is 2.39. The molecule has 2 nitrogen and oxygen atoms in total. The van der Waals surface area contributed by atoms with E-state index in [1.807, 2.05) is 0 Å². The van der Waals surface area contributed by atoms with E-state index in [4.69, 9.17) is 0 Å². The summed E-state index contributed by atoms with van der Waals surface area (Å²) in [7, 11) is 0. The average molecular weight is 729 g/mol. The lowest BCUT2D eigenvalue weighted by atomic mass is 9.79. The maximum atomic E-state index is 2.39. The first-order valence-corrected chi connectivity index (χ1v) is 19.9. The average Bonchev–Trinajstić information content (AvgIpc) is 3.73. The van der Waals surface area contributed by atoms with Crippen molar-refractivity contribution in [1.29, 1.82) is 0 Å². The van der Waals surface area contributed by atoms with Crippen LogP contribution in [0.15, 0.2) is 206 Å². The van der Waals surface area contributed by atoms with Gasteiger partial charge in [0.2, 0.25) is 0 Å². The van der Waals surface area contributed by atoms with Crippen LogP contribution >= 0.6 is 0 Å². The Bertz CT molecular complexity index is 3120. The van der Waals surface area contributed by atoms with Gasteiger partial charge in [-0.1, -0.05) is 166 Å². The molecule has 0 spiro atoms. The van der Waals surface area contributed by atoms with Crippen molar-refractivity contribution in [2.45, 2.75) is 19.3 Å². The van der Waals surface area contributed by atoms with Crippen LogP contribution in [0.1, 0.15) is 25.0 Å². The number of rotatable bonds is 6. The number of fused-ring (bicyclic) bond motifs is 8. The van der Waals surface area contributed by atoms with Gasteiger partial charge in [-0.3, -0.25) is 0 Å². The van der Waals surface area contributed by atoms with Gasteiger partial charge in [-0.05, 0) is 110 Å². The van der Waals surface area contributed by atoms with Crippen LogP contribution in [0, 0.1) is 0 Å². The highest BCUT2D eigenvalue weighted by atomic mass is 15.1. The van der Waals surface area contributed by atoms with E-state index in [1.54, 1.807) is 0 Å². The summed E-state index contributed by atoms with van der Waals surface area (Å²) in [4.78, 5) is 2.39. The molecule has 57 heavy (non-hydrogen) atoms. The second kappa shape index (κ2) is 13.0. The molecule has 2 heteroatoms. The van der Waals surface area contributed by atoms with Gasteiger partial charge in [0, 0.05) is 38.9 Å². The lowest BCUT2D eigenvalue weighted by molar-refractivity contribution is 0.666. The van der Waals surface area contributed by atoms with E-state index >= 15 is 0 Å². The van der Waals surface area contributed by atoms with Gasteiger partial charge in [0.15, 0.2) is 0 Å². The molecular weight excluding hydrogens is 689 g/mol. The maximum Gasteiger partial charge on any atom is 0.0561 e. The van der Waals surface area contributed by atoms with Crippen molar-refractivity contribution in [3.63, 3.8) is 0 Å². The molecule has 1 aromatic heterocycles. The van der Waals surface area contributed by atoms with Crippen LogP contribution in [0.5, 0.6) is 0 Å². The van der Waals surface area contributed by atoms with E-state index in [0.29, 0.717) is 0 Å². The van der Waals surface area contributed by atoms with Crippen molar-refractivity contribution < 1.29 is 0 Å². The first-order chi connectivity index (χ1) is 28.0. The number of aromatic nitrogens is 1. The molecule has 0 aliphatic heterocycles. The van der Waals surface area contributed by atoms with E-state index in [2.05, 4.69) is 230 Å². The molecule has 0 radical (unpaired) electrons. The first-order valence-electron chi connectivity index (χ1n) is 19.9. The smallest absolute Gasteiger partial charge is 0.0561 e. The van der Waals surface area contributed by atoms with Gasteiger partial charge in [-0.15, -0.1) is 0 Å². The van der Waals surface area contributed by atoms with Crippen LogP contribution in [-0.2, 0) is 5.41 Å². The zero-order valence-electron chi connectivity index (χ0n) is 32.0. The van der Waals surface area contributed by atoms with Gasteiger partial charge in [0.1, 0.15) is 0 Å². The summed E-state index contributed by atoms with van der Waals surface area (Å²) in [6, 6.07) is 75.5. The summed E-state index contributed by atoms with van der Waals surface area (Å²) in [6.07, 6.45) is 0. The van der Waals surface area contributed by atoms with Crippen LogP contribution in [0.25, 0.3) is 71.6 Å². The minimum atomic E-state index is -0.0716. The summed E-state index contributed by atoms with van der Waals surface area (Å²) in [6.45, 7) is 4.74. The number of benzene rings is 9. The Balaban J connectivity index is 1.05. The zero-order valence-corrected chi connectivity index (χ0v) is 32.0. The zero-order chi connectivity index (χ0) is 38.1. The summed E-state index contributed by atoms with van der Waals surface area (Å²) in [5.41, 5.74) is 17.2. The van der Waals surface area contributed by atoms with Crippen LogP contribution in [0.2, 0.25) is 0 Å². The molecular formula is C55H40N2. The van der Waals surface area contributed by atoms with Gasteiger partial charge >= 0.3 is 0 Å². The van der Waals surface area contributed by atoms with Gasteiger partial charge < -0.3 is 9.47 Å². The van der Waals surface area contributed by atoms with E-state index in [1.165, 1.54) is 77.1 Å². The second-order valence-electron chi connectivity index (χ2n) is 15.7. The third kappa shape index (κ3) is 5.25. The predicted molar refractivity (Wildman–Crippen MR) is 241 cm³/mol. The second-order valence-corrected chi connectivity index (χ2v) is 15.7. The molecule has 1 heterocycles. The SMILES string of the molecule is CC1(C)c2ccccc2-c2ccc3c(-c4ccc(N(c5ccc(-c6ccccc6)cc5)c5ccc6c7ccccc7n(-c7ccccc7)c6c5)cc4)cccc3c21. The van der Waals surface area contributed by atoms with Crippen molar-refractivity contribution in [1.82, 2.24) is 4.57 Å². The normalized spacial score (nSPS) is 12.9. The van der Waals surface area contributed by atoms with E-state index in [-0.39, 0.29) is 5.41 Å². The fourth-order valence-electron chi connectivity index (χ4n) is 9.53. The first kappa shape index (κ1) is 33.2. The van der Waals surface area contributed by atoms with Crippen molar-refractivity contribution in [3.05, 3.63) is 217 Å². The fourth-order valence-corrected chi connectivity index (χ4v) is 9.53. The molecule has 0 atom stereocenters. The number of hydrogen-bond donors (Lipinski definition) is 0. The Morgan fingerprint density at radius 1 is 0.368 bits per heavy atom. The molecule has 0 amide bonds. The molecule has 0 fully saturated rings. The van der Waals surface area contributed by atoms with Crippen molar-refractivity contribution in [3.8, 4) is 39.1 Å². The van der Waals surface area contributed by atoms with E-state index < -0.39 is 0 Å². The molecule has 1 aliphatic rings.